The molecule has 1 aromatic carbocycles. The molecule has 0 saturated carbocycles. The Morgan fingerprint density at radius 3 is 2.68 bits per heavy atom. The Hall–Kier alpha value is -3.08. The molecular formula is C23H22F2N2O. The quantitative estimate of drug-likeness (QED) is 0.532. The van der Waals surface area contributed by atoms with Gasteiger partial charge in [0.05, 0.1) is 0 Å². The van der Waals surface area contributed by atoms with Crippen molar-refractivity contribution in [1.82, 2.24) is 4.98 Å². The van der Waals surface area contributed by atoms with Crippen molar-refractivity contribution in [3.05, 3.63) is 83.6 Å². The van der Waals surface area contributed by atoms with Crippen LogP contribution < -0.4 is 5.32 Å². The molecule has 1 amide bonds. The lowest BCUT2D eigenvalue weighted by Gasteiger charge is -2.14. The zero-order chi connectivity index (χ0) is 20.5. The number of allylic oxidation sites excluding steroid dienone is 2. The lowest BCUT2D eigenvalue weighted by atomic mass is 9.96. The average molecular weight is 380 g/mol. The molecule has 0 radical (unpaired) electrons. The highest BCUT2D eigenvalue weighted by molar-refractivity contribution is 6.06. The lowest BCUT2D eigenvalue weighted by Crippen LogP contribution is -2.15. The number of aromatic nitrogens is 1. The van der Waals surface area contributed by atoms with Crippen LogP contribution in [0.15, 0.2) is 66.9 Å². The van der Waals surface area contributed by atoms with Gasteiger partial charge in [-0.25, -0.2) is 13.8 Å². The summed E-state index contributed by atoms with van der Waals surface area (Å²) in [7, 11) is 0. The van der Waals surface area contributed by atoms with Crippen LogP contribution in [0.4, 0.5) is 14.6 Å². The molecular weight excluding hydrogens is 358 g/mol. The van der Waals surface area contributed by atoms with E-state index in [1.807, 2.05) is 13.0 Å². The van der Waals surface area contributed by atoms with E-state index in [1.54, 1.807) is 37.4 Å². The number of hydrogen-bond donors (Lipinski definition) is 1. The molecule has 1 N–H and O–H groups in total. The number of anilines is 1. The van der Waals surface area contributed by atoms with E-state index in [9.17, 15) is 13.6 Å². The van der Waals surface area contributed by atoms with Gasteiger partial charge in [0.25, 0.3) is 11.8 Å². The fourth-order valence-electron chi connectivity index (χ4n) is 3.39. The van der Waals surface area contributed by atoms with Gasteiger partial charge in [0, 0.05) is 29.3 Å². The van der Waals surface area contributed by atoms with Crippen LogP contribution in [-0.4, -0.2) is 10.9 Å². The summed E-state index contributed by atoms with van der Waals surface area (Å²) in [6.07, 6.45) is 4.94. The summed E-state index contributed by atoms with van der Waals surface area (Å²) in [6.45, 7) is 11.0. The second-order valence-corrected chi connectivity index (χ2v) is 7.01. The van der Waals surface area contributed by atoms with Crippen LogP contribution >= 0.6 is 0 Å². The second-order valence-electron chi connectivity index (χ2n) is 7.01. The number of nitrogens with one attached hydrogen (secondary N) is 1. The van der Waals surface area contributed by atoms with Gasteiger partial charge in [-0.05, 0) is 66.8 Å². The third-order valence-corrected chi connectivity index (χ3v) is 4.86. The molecule has 0 saturated heterocycles. The maximum Gasteiger partial charge on any atom is 0.273 e. The maximum absolute atomic E-state index is 14.1. The molecule has 3 rings (SSSR count). The first-order chi connectivity index (χ1) is 13.2. The van der Waals surface area contributed by atoms with Crippen LogP contribution in [0.5, 0.6) is 0 Å². The van der Waals surface area contributed by atoms with Crippen LogP contribution in [0.25, 0.3) is 11.1 Å². The van der Waals surface area contributed by atoms with Crippen LogP contribution in [0.3, 0.4) is 0 Å². The highest BCUT2D eigenvalue weighted by Gasteiger charge is 2.39. The number of pyridine rings is 1. The van der Waals surface area contributed by atoms with E-state index in [0.717, 1.165) is 16.7 Å². The van der Waals surface area contributed by atoms with E-state index in [2.05, 4.69) is 23.5 Å². The van der Waals surface area contributed by atoms with Crippen molar-refractivity contribution in [1.29, 1.82) is 0 Å². The van der Waals surface area contributed by atoms with Gasteiger partial charge in [-0.15, -0.1) is 0 Å². The molecule has 0 spiro atoms. The van der Waals surface area contributed by atoms with Crippen molar-refractivity contribution in [2.75, 3.05) is 5.32 Å². The smallest absolute Gasteiger partial charge is 0.273 e. The summed E-state index contributed by atoms with van der Waals surface area (Å²) in [5.41, 5.74) is 4.22. The molecule has 0 fully saturated rings. The molecule has 0 atom stereocenters. The number of fused-ring (bicyclic) bond motifs is 1. The monoisotopic (exact) mass is 380 g/mol. The summed E-state index contributed by atoms with van der Waals surface area (Å²) in [4.78, 5) is 16.6. The highest BCUT2D eigenvalue weighted by Crippen LogP contribution is 2.44. The van der Waals surface area contributed by atoms with Gasteiger partial charge in [-0.1, -0.05) is 25.3 Å². The summed E-state index contributed by atoms with van der Waals surface area (Å²) in [5.74, 6) is -2.75. The van der Waals surface area contributed by atoms with Crippen LogP contribution in [0, 0.1) is 6.92 Å². The molecule has 5 heteroatoms. The minimum Gasteiger partial charge on any atom is -0.307 e. The normalized spacial score (nSPS) is 15.1. The van der Waals surface area contributed by atoms with Crippen LogP contribution in [-0.2, 0) is 17.1 Å². The molecule has 1 heterocycles. The van der Waals surface area contributed by atoms with E-state index in [0.29, 0.717) is 28.9 Å². The van der Waals surface area contributed by atoms with Crippen molar-refractivity contribution < 1.29 is 13.6 Å². The Morgan fingerprint density at radius 2 is 2.07 bits per heavy atom. The van der Waals surface area contributed by atoms with E-state index in [-0.39, 0.29) is 17.9 Å². The van der Waals surface area contributed by atoms with E-state index in [1.165, 1.54) is 6.08 Å². The largest absolute Gasteiger partial charge is 0.307 e. The Labute approximate surface area is 163 Å². The van der Waals surface area contributed by atoms with Gasteiger partial charge in [0.15, 0.2) is 0 Å². The van der Waals surface area contributed by atoms with Crippen molar-refractivity contribution in [2.24, 2.45) is 0 Å². The SMILES string of the molecule is C=C/C=C(\C(=C)C)C(=O)Nc1ccc(-c2cc3c(cc2C)CCC3(F)F)cn1. The fourth-order valence-corrected chi connectivity index (χ4v) is 3.39. The number of aryl methyl sites for hydroxylation is 2. The van der Waals surface area contributed by atoms with Crippen molar-refractivity contribution in [3.8, 4) is 11.1 Å². The number of carbonyl (C=O) groups excluding carboxylic acids is 1. The van der Waals surface area contributed by atoms with Gasteiger partial charge >= 0.3 is 0 Å². The summed E-state index contributed by atoms with van der Waals surface area (Å²) in [5, 5.41) is 2.71. The molecule has 1 aliphatic rings. The van der Waals surface area contributed by atoms with Gasteiger partial charge < -0.3 is 5.32 Å². The standard InChI is InChI=1S/C23H22F2N2O/c1-5-6-18(14(2)3)22(28)27-21-8-7-17(13-26-21)19-12-20-16(11-15(19)4)9-10-23(20,24)25/h5-8,11-13H,1-2,9-10H2,3-4H3,(H,26,27,28)/b18-6+. The van der Waals surface area contributed by atoms with Gasteiger partial charge in [0.2, 0.25) is 0 Å². The minimum atomic E-state index is -2.78. The Balaban J connectivity index is 1.86. The number of halogens is 2. The third kappa shape index (κ3) is 3.79. The number of nitrogens with zero attached hydrogens (tertiary/aromatic N) is 1. The Morgan fingerprint density at radius 1 is 1.32 bits per heavy atom. The highest BCUT2D eigenvalue weighted by atomic mass is 19.3. The third-order valence-electron chi connectivity index (χ3n) is 4.86. The molecule has 1 aromatic heterocycles. The molecule has 144 valence electrons. The first-order valence-electron chi connectivity index (χ1n) is 9.01. The molecule has 0 aliphatic heterocycles. The molecule has 3 nitrogen and oxygen atoms in total. The molecule has 0 unspecified atom stereocenters. The van der Waals surface area contributed by atoms with Gasteiger partial charge in [-0.2, -0.15) is 0 Å². The average Bonchev–Trinajstić information content (AvgIpc) is 2.93. The van der Waals surface area contributed by atoms with Gasteiger partial charge in [-0.3, -0.25) is 4.79 Å². The summed E-state index contributed by atoms with van der Waals surface area (Å²) in [6, 6.07) is 6.82. The number of rotatable bonds is 5. The van der Waals surface area contributed by atoms with Crippen molar-refractivity contribution in [2.45, 2.75) is 32.6 Å². The molecule has 2 aromatic rings. The predicted octanol–water partition coefficient (Wildman–Crippen LogP) is 5.72. The topological polar surface area (TPSA) is 42.0 Å². The number of benzene rings is 1. The van der Waals surface area contributed by atoms with E-state index < -0.39 is 5.92 Å². The molecule has 0 bridgehead atoms. The summed E-state index contributed by atoms with van der Waals surface area (Å²) < 4.78 is 28.2. The molecule has 28 heavy (non-hydrogen) atoms. The lowest BCUT2D eigenvalue weighted by molar-refractivity contribution is -0.112. The number of hydrogen-bond acceptors (Lipinski definition) is 2. The Kier molecular flexibility index (Phi) is 5.27. The predicted molar refractivity (Wildman–Crippen MR) is 108 cm³/mol. The zero-order valence-electron chi connectivity index (χ0n) is 16.0. The van der Waals surface area contributed by atoms with Crippen molar-refractivity contribution >= 4 is 11.7 Å². The number of amides is 1. The first-order valence-corrected chi connectivity index (χ1v) is 9.01. The number of alkyl halides is 2. The van der Waals surface area contributed by atoms with Crippen LogP contribution in [0.1, 0.15) is 30.0 Å². The molecule has 1 aliphatic carbocycles. The maximum atomic E-state index is 14.1. The summed E-state index contributed by atoms with van der Waals surface area (Å²) >= 11 is 0. The van der Waals surface area contributed by atoms with Crippen LogP contribution in [0.2, 0.25) is 0 Å². The minimum absolute atomic E-state index is 0.103. The van der Waals surface area contributed by atoms with E-state index in [4.69, 9.17) is 0 Å². The Bertz CT molecular complexity index is 988. The van der Waals surface area contributed by atoms with Crippen molar-refractivity contribution in [3.63, 3.8) is 0 Å². The number of carbonyl (C=O) groups is 1. The van der Waals surface area contributed by atoms with Gasteiger partial charge in [0.1, 0.15) is 5.82 Å². The fraction of sp³-hybridized carbons (Fsp3) is 0.217. The first kappa shape index (κ1) is 19.7. The zero-order valence-corrected chi connectivity index (χ0v) is 16.0. The second kappa shape index (κ2) is 7.50. The van der Waals surface area contributed by atoms with E-state index >= 15 is 0 Å².